The third-order valence-corrected chi connectivity index (χ3v) is 7.36. The van der Waals surface area contributed by atoms with Gasteiger partial charge in [0.25, 0.3) is 0 Å². The van der Waals surface area contributed by atoms with E-state index in [-0.39, 0.29) is 17.9 Å². The largest absolute Gasteiger partial charge is 0.381 e. The van der Waals surface area contributed by atoms with E-state index in [2.05, 4.69) is 46.5 Å². The van der Waals surface area contributed by atoms with Crippen LogP contribution in [0.4, 0.5) is 5.82 Å². The highest BCUT2D eigenvalue weighted by atomic mass is 16.6. The van der Waals surface area contributed by atoms with Gasteiger partial charge in [0.1, 0.15) is 23.7 Å². The van der Waals surface area contributed by atoms with E-state index in [1.807, 2.05) is 12.1 Å². The number of hydrogen-bond donors (Lipinski definition) is 0. The lowest BCUT2D eigenvalue weighted by Crippen LogP contribution is -2.63. The van der Waals surface area contributed by atoms with Crippen LogP contribution >= 0.6 is 0 Å². The van der Waals surface area contributed by atoms with Crippen LogP contribution in [0.1, 0.15) is 52.1 Å². The van der Waals surface area contributed by atoms with Crippen molar-refractivity contribution in [3.63, 3.8) is 0 Å². The summed E-state index contributed by atoms with van der Waals surface area (Å²) in [6.45, 7) is 14.9. The highest BCUT2D eigenvalue weighted by Gasteiger charge is 2.48. The van der Waals surface area contributed by atoms with Crippen molar-refractivity contribution in [2.24, 2.45) is 5.92 Å². The molecule has 0 aromatic carbocycles. The molecule has 0 saturated carbocycles. The Kier molecular flexibility index (Phi) is 7.67. The standard InChI is InChI=1S/C25H39N5O2/c1-4-22-24(32-22)30(23-7-5-6-21(18-26)27-23)19-25(9-16-31-17-10-25)29-14-12-28(13-15-29)11-8-20(2)3/h5-7,20,22,24H,4,8-17,19H2,1-3H3. The zero-order valence-electron chi connectivity index (χ0n) is 20.0. The van der Waals surface area contributed by atoms with Crippen LogP contribution in [-0.2, 0) is 9.47 Å². The van der Waals surface area contributed by atoms with E-state index >= 15 is 0 Å². The lowest BCUT2D eigenvalue weighted by molar-refractivity contribution is -0.0443. The van der Waals surface area contributed by atoms with Gasteiger partial charge in [-0.1, -0.05) is 26.8 Å². The molecule has 3 fully saturated rings. The van der Waals surface area contributed by atoms with E-state index < -0.39 is 0 Å². The van der Waals surface area contributed by atoms with Crippen LogP contribution in [0.2, 0.25) is 0 Å². The SMILES string of the molecule is CCC1OC1N(CC1(N2CCN(CCC(C)C)CC2)CCOCC1)c1cccc(C#N)n1. The second-order valence-electron chi connectivity index (χ2n) is 9.94. The molecule has 1 aromatic rings. The van der Waals surface area contributed by atoms with E-state index in [0.717, 1.165) is 76.9 Å². The van der Waals surface area contributed by atoms with Gasteiger partial charge in [-0.3, -0.25) is 4.90 Å². The topological polar surface area (TPSA) is 68.2 Å². The minimum Gasteiger partial charge on any atom is -0.381 e. The van der Waals surface area contributed by atoms with Crippen molar-refractivity contribution >= 4 is 5.82 Å². The Bertz CT molecular complexity index is 781. The normalized spacial score (nSPS) is 26.1. The van der Waals surface area contributed by atoms with Gasteiger partial charge in [-0.25, -0.2) is 4.98 Å². The summed E-state index contributed by atoms with van der Waals surface area (Å²) >= 11 is 0. The highest BCUT2D eigenvalue weighted by molar-refractivity contribution is 5.44. The predicted molar refractivity (Wildman–Crippen MR) is 126 cm³/mol. The number of piperazine rings is 1. The number of hydrogen-bond acceptors (Lipinski definition) is 7. The molecule has 3 aliphatic rings. The van der Waals surface area contributed by atoms with E-state index in [4.69, 9.17) is 9.47 Å². The zero-order chi connectivity index (χ0) is 22.6. The van der Waals surface area contributed by atoms with Gasteiger partial charge in [0.2, 0.25) is 0 Å². The van der Waals surface area contributed by atoms with Gasteiger partial charge < -0.3 is 19.3 Å². The van der Waals surface area contributed by atoms with Gasteiger partial charge in [-0.2, -0.15) is 5.26 Å². The molecular formula is C25H39N5O2. The lowest BCUT2D eigenvalue weighted by Gasteiger charge is -2.51. The van der Waals surface area contributed by atoms with Crippen molar-refractivity contribution in [2.75, 3.05) is 57.4 Å². The number of aromatic nitrogens is 1. The number of nitrogens with zero attached hydrogens (tertiary/aromatic N) is 5. The summed E-state index contributed by atoms with van der Waals surface area (Å²) in [5.74, 6) is 1.61. The van der Waals surface area contributed by atoms with Crippen LogP contribution in [0.3, 0.4) is 0 Å². The zero-order valence-corrected chi connectivity index (χ0v) is 20.0. The van der Waals surface area contributed by atoms with Crippen molar-refractivity contribution in [3.05, 3.63) is 23.9 Å². The summed E-state index contributed by atoms with van der Waals surface area (Å²) in [6.07, 6.45) is 4.60. The van der Waals surface area contributed by atoms with Crippen LogP contribution in [0.5, 0.6) is 0 Å². The molecule has 2 unspecified atom stereocenters. The summed E-state index contributed by atoms with van der Waals surface area (Å²) < 4.78 is 11.8. The maximum Gasteiger partial charge on any atom is 0.158 e. The first kappa shape index (κ1) is 23.4. The molecule has 0 bridgehead atoms. The fourth-order valence-electron chi connectivity index (χ4n) is 5.18. The summed E-state index contributed by atoms with van der Waals surface area (Å²) in [6, 6.07) is 7.92. The molecule has 0 amide bonds. The second-order valence-corrected chi connectivity index (χ2v) is 9.94. The van der Waals surface area contributed by atoms with Crippen molar-refractivity contribution in [1.29, 1.82) is 5.26 Å². The Hall–Kier alpha value is -1.72. The van der Waals surface area contributed by atoms with Crippen LogP contribution < -0.4 is 4.90 Å². The second kappa shape index (κ2) is 10.5. The first-order valence-corrected chi connectivity index (χ1v) is 12.4. The van der Waals surface area contributed by atoms with Crippen molar-refractivity contribution in [1.82, 2.24) is 14.8 Å². The van der Waals surface area contributed by atoms with Crippen molar-refractivity contribution in [3.8, 4) is 6.07 Å². The number of anilines is 1. The first-order valence-electron chi connectivity index (χ1n) is 12.4. The van der Waals surface area contributed by atoms with Gasteiger partial charge in [-0.05, 0) is 50.3 Å². The number of epoxide rings is 1. The summed E-state index contributed by atoms with van der Waals surface area (Å²) in [4.78, 5) is 12.3. The van der Waals surface area contributed by atoms with Crippen LogP contribution in [0, 0.1) is 17.2 Å². The molecule has 3 saturated heterocycles. The smallest absolute Gasteiger partial charge is 0.158 e. The van der Waals surface area contributed by atoms with Crippen LogP contribution in [0.15, 0.2) is 18.2 Å². The molecule has 0 aliphatic carbocycles. The maximum absolute atomic E-state index is 9.38. The Morgan fingerprint density at radius 2 is 1.97 bits per heavy atom. The Morgan fingerprint density at radius 1 is 1.22 bits per heavy atom. The van der Waals surface area contributed by atoms with Gasteiger partial charge in [-0.15, -0.1) is 0 Å². The molecule has 4 rings (SSSR count). The van der Waals surface area contributed by atoms with Crippen LogP contribution in [0.25, 0.3) is 0 Å². The molecule has 1 aromatic heterocycles. The number of ether oxygens (including phenoxy) is 2. The van der Waals surface area contributed by atoms with E-state index in [9.17, 15) is 5.26 Å². The molecule has 32 heavy (non-hydrogen) atoms. The molecule has 176 valence electrons. The number of pyridine rings is 1. The molecule has 0 spiro atoms. The Labute approximate surface area is 193 Å². The van der Waals surface area contributed by atoms with Gasteiger partial charge >= 0.3 is 0 Å². The monoisotopic (exact) mass is 441 g/mol. The van der Waals surface area contributed by atoms with Crippen LogP contribution in [-0.4, -0.2) is 85.1 Å². The molecule has 3 aliphatic heterocycles. The Balaban J connectivity index is 1.52. The van der Waals surface area contributed by atoms with Gasteiger partial charge in [0.15, 0.2) is 6.23 Å². The maximum atomic E-state index is 9.38. The molecule has 7 heteroatoms. The highest BCUT2D eigenvalue weighted by Crippen LogP contribution is 2.37. The summed E-state index contributed by atoms with van der Waals surface area (Å²) in [5.41, 5.74) is 0.512. The number of rotatable bonds is 9. The average Bonchev–Trinajstić information content (AvgIpc) is 3.62. The van der Waals surface area contributed by atoms with E-state index in [0.29, 0.717) is 5.69 Å². The summed E-state index contributed by atoms with van der Waals surface area (Å²) in [5, 5.41) is 9.38. The third-order valence-electron chi connectivity index (χ3n) is 7.36. The first-order chi connectivity index (χ1) is 15.5. The molecular weight excluding hydrogens is 402 g/mol. The van der Waals surface area contributed by atoms with E-state index in [1.54, 1.807) is 6.07 Å². The number of nitriles is 1. The molecule has 0 N–H and O–H groups in total. The molecule has 4 heterocycles. The van der Waals surface area contributed by atoms with Gasteiger partial charge in [0, 0.05) is 51.5 Å². The van der Waals surface area contributed by atoms with Gasteiger partial charge in [0.05, 0.1) is 0 Å². The fourth-order valence-corrected chi connectivity index (χ4v) is 5.18. The predicted octanol–water partition coefficient (Wildman–Crippen LogP) is 3.11. The van der Waals surface area contributed by atoms with Crippen molar-refractivity contribution in [2.45, 2.75) is 64.3 Å². The summed E-state index contributed by atoms with van der Waals surface area (Å²) in [7, 11) is 0. The molecule has 2 atom stereocenters. The average molecular weight is 442 g/mol. The minimum absolute atomic E-state index is 0.0495. The quantitative estimate of drug-likeness (QED) is 0.546. The minimum atomic E-state index is 0.0495. The fraction of sp³-hybridized carbons (Fsp3) is 0.760. The molecule has 0 radical (unpaired) electrons. The third kappa shape index (κ3) is 5.43. The Morgan fingerprint density at radius 3 is 2.59 bits per heavy atom. The van der Waals surface area contributed by atoms with E-state index in [1.165, 1.54) is 13.0 Å². The lowest BCUT2D eigenvalue weighted by atomic mass is 9.86. The molecule has 7 nitrogen and oxygen atoms in total. The van der Waals surface area contributed by atoms with Crippen molar-refractivity contribution < 1.29 is 9.47 Å².